The van der Waals surface area contributed by atoms with Crippen LogP contribution in [-0.4, -0.2) is 23.7 Å². The van der Waals surface area contributed by atoms with Crippen molar-refractivity contribution in [3.63, 3.8) is 0 Å². The predicted octanol–water partition coefficient (Wildman–Crippen LogP) is 2.20. The zero-order valence-electron chi connectivity index (χ0n) is 11.8. The van der Waals surface area contributed by atoms with Gasteiger partial charge in [-0.15, -0.1) is 0 Å². The molecule has 0 aliphatic heterocycles. The van der Waals surface area contributed by atoms with E-state index in [1.165, 1.54) is 5.56 Å². The second-order valence-electron chi connectivity index (χ2n) is 5.99. The summed E-state index contributed by atoms with van der Waals surface area (Å²) in [6.07, 6.45) is 3.44. The van der Waals surface area contributed by atoms with Crippen LogP contribution in [0.25, 0.3) is 0 Å². The van der Waals surface area contributed by atoms with Gasteiger partial charge >= 0.3 is 0 Å². The molecule has 2 N–H and O–H groups in total. The topological polar surface area (TPSA) is 49.3 Å². The summed E-state index contributed by atoms with van der Waals surface area (Å²) in [6, 6.07) is 8.14. The Morgan fingerprint density at radius 1 is 1.42 bits per heavy atom. The molecule has 1 aromatic carbocycles. The summed E-state index contributed by atoms with van der Waals surface area (Å²) in [5.74, 6) is 0.0513. The maximum Gasteiger partial charge on any atom is 0.224 e. The van der Waals surface area contributed by atoms with E-state index in [1.807, 2.05) is 31.2 Å². The first kappa shape index (κ1) is 14.1. The minimum atomic E-state index is -0.150. The Labute approximate surface area is 115 Å². The van der Waals surface area contributed by atoms with Crippen LogP contribution < -0.4 is 5.32 Å². The summed E-state index contributed by atoms with van der Waals surface area (Å²) < 4.78 is 0. The van der Waals surface area contributed by atoms with Gasteiger partial charge in [0, 0.05) is 11.5 Å². The molecule has 0 saturated heterocycles. The molecule has 2 atom stereocenters. The molecule has 1 fully saturated rings. The largest absolute Gasteiger partial charge is 0.396 e. The summed E-state index contributed by atoms with van der Waals surface area (Å²) in [7, 11) is 0. The average molecular weight is 261 g/mol. The van der Waals surface area contributed by atoms with Crippen molar-refractivity contribution in [3.05, 3.63) is 35.4 Å². The molecule has 0 aromatic heterocycles. The van der Waals surface area contributed by atoms with Gasteiger partial charge in [0.15, 0.2) is 0 Å². The van der Waals surface area contributed by atoms with E-state index in [-0.39, 0.29) is 24.0 Å². The van der Waals surface area contributed by atoms with Crippen molar-refractivity contribution in [3.8, 4) is 0 Å². The van der Waals surface area contributed by atoms with Crippen molar-refractivity contribution < 1.29 is 9.90 Å². The molecular formula is C16H23NO2. The van der Waals surface area contributed by atoms with Gasteiger partial charge in [0.25, 0.3) is 0 Å². The first-order valence-electron chi connectivity index (χ1n) is 6.99. The predicted molar refractivity (Wildman–Crippen MR) is 75.9 cm³/mol. The van der Waals surface area contributed by atoms with Gasteiger partial charge in [-0.2, -0.15) is 0 Å². The van der Waals surface area contributed by atoms with Crippen LogP contribution in [0.5, 0.6) is 0 Å². The number of carbonyl (C=O) groups excluding carboxylic acids is 1. The number of nitrogens with one attached hydrogen (secondary N) is 1. The second kappa shape index (κ2) is 5.74. The number of hydrogen-bond acceptors (Lipinski definition) is 2. The van der Waals surface area contributed by atoms with Gasteiger partial charge in [-0.3, -0.25) is 4.79 Å². The monoisotopic (exact) mass is 261 g/mol. The molecule has 1 aliphatic carbocycles. The lowest BCUT2D eigenvalue weighted by molar-refractivity contribution is -0.122. The first-order chi connectivity index (χ1) is 9.03. The minimum absolute atomic E-state index is 0.0513. The number of carbonyl (C=O) groups is 1. The normalized spacial score (nSPS) is 26.4. The van der Waals surface area contributed by atoms with Gasteiger partial charge in [-0.25, -0.2) is 0 Å². The number of aryl methyl sites for hydroxylation is 1. The Morgan fingerprint density at radius 2 is 2.11 bits per heavy atom. The fourth-order valence-corrected chi connectivity index (χ4v) is 2.81. The summed E-state index contributed by atoms with van der Waals surface area (Å²) >= 11 is 0. The number of benzene rings is 1. The highest BCUT2D eigenvalue weighted by Crippen LogP contribution is 2.37. The van der Waals surface area contributed by atoms with Gasteiger partial charge in [0.1, 0.15) is 0 Å². The van der Waals surface area contributed by atoms with Crippen LogP contribution in [0.3, 0.4) is 0 Å². The fraction of sp³-hybridized carbons (Fsp3) is 0.562. The van der Waals surface area contributed by atoms with Crippen LogP contribution in [0, 0.1) is 12.3 Å². The fourth-order valence-electron chi connectivity index (χ4n) is 2.81. The van der Waals surface area contributed by atoms with Crippen LogP contribution in [0.1, 0.15) is 37.3 Å². The molecule has 19 heavy (non-hydrogen) atoms. The minimum Gasteiger partial charge on any atom is -0.396 e. The second-order valence-corrected chi connectivity index (χ2v) is 5.99. The molecule has 0 bridgehead atoms. The Kier molecular flexibility index (Phi) is 4.25. The summed E-state index contributed by atoms with van der Waals surface area (Å²) in [5.41, 5.74) is 2.09. The number of rotatable bonds is 4. The van der Waals surface area contributed by atoms with Crippen molar-refractivity contribution in [1.29, 1.82) is 0 Å². The molecule has 1 saturated carbocycles. The van der Waals surface area contributed by atoms with Crippen molar-refractivity contribution >= 4 is 5.91 Å². The highest BCUT2D eigenvalue weighted by molar-refractivity contribution is 5.79. The van der Waals surface area contributed by atoms with Crippen LogP contribution in [-0.2, 0) is 11.2 Å². The van der Waals surface area contributed by atoms with Crippen LogP contribution in [0.4, 0.5) is 0 Å². The third-order valence-corrected chi connectivity index (χ3v) is 4.26. The zero-order chi connectivity index (χ0) is 13.9. The van der Waals surface area contributed by atoms with Gasteiger partial charge in [-0.05, 0) is 25.3 Å². The molecule has 2 unspecified atom stereocenters. The number of hydrogen-bond donors (Lipinski definition) is 2. The maximum atomic E-state index is 12.1. The molecule has 2 rings (SSSR count). The highest BCUT2D eigenvalue weighted by atomic mass is 16.3. The summed E-state index contributed by atoms with van der Waals surface area (Å²) in [6.45, 7) is 4.23. The molecule has 0 radical (unpaired) electrons. The highest BCUT2D eigenvalue weighted by Gasteiger charge is 2.38. The summed E-state index contributed by atoms with van der Waals surface area (Å²) in [5, 5.41) is 12.6. The molecule has 3 heteroatoms. The molecule has 1 aliphatic rings. The van der Waals surface area contributed by atoms with Gasteiger partial charge in [-0.1, -0.05) is 43.2 Å². The SMILES string of the molecule is Cc1ccc(CC(=O)NC2CCCC2(C)CO)cc1. The molecule has 0 heterocycles. The van der Waals surface area contributed by atoms with E-state index in [0.29, 0.717) is 6.42 Å². The lowest BCUT2D eigenvalue weighted by Crippen LogP contribution is -2.45. The molecule has 0 spiro atoms. The number of aliphatic hydroxyl groups excluding tert-OH is 1. The van der Waals surface area contributed by atoms with Crippen molar-refractivity contribution in [2.45, 2.75) is 45.6 Å². The van der Waals surface area contributed by atoms with Crippen LogP contribution in [0.15, 0.2) is 24.3 Å². The Balaban J connectivity index is 1.92. The molecular weight excluding hydrogens is 238 g/mol. The standard InChI is InChI=1S/C16H23NO2/c1-12-5-7-13(8-6-12)10-15(19)17-14-4-3-9-16(14,2)11-18/h5-8,14,18H,3-4,9-11H2,1-2H3,(H,17,19). The van der Waals surface area contributed by atoms with Gasteiger partial charge in [0.2, 0.25) is 5.91 Å². The van der Waals surface area contributed by atoms with Crippen LogP contribution >= 0.6 is 0 Å². The van der Waals surface area contributed by atoms with E-state index in [0.717, 1.165) is 24.8 Å². The quantitative estimate of drug-likeness (QED) is 0.873. The smallest absolute Gasteiger partial charge is 0.224 e. The maximum absolute atomic E-state index is 12.1. The van der Waals surface area contributed by atoms with Gasteiger partial charge in [0.05, 0.1) is 13.0 Å². The Hall–Kier alpha value is -1.35. The molecule has 104 valence electrons. The van der Waals surface area contributed by atoms with E-state index in [9.17, 15) is 9.90 Å². The number of amides is 1. The van der Waals surface area contributed by atoms with E-state index in [1.54, 1.807) is 0 Å². The average Bonchev–Trinajstić information content (AvgIpc) is 2.74. The Morgan fingerprint density at radius 3 is 2.74 bits per heavy atom. The lowest BCUT2D eigenvalue weighted by Gasteiger charge is -2.30. The number of aliphatic hydroxyl groups is 1. The van der Waals surface area contributed by atoms with Gasteiger partial charge < -0.3 is 10.4 Å². The zero-order valence-corrected chi connectivity index (χ0v) is 11.8. The van der Waals surface area contributed by atoms with E-state index in [2.05, 4.69) is 12.2 Å². The summed E-state index contributed by atoms with van der Waals surface area (Å²) in [4.78, 5) is 12.1. The van der Waals surface area contributed by atoms with Crippen LogP contribution in [0.2, 0.25) is 0 Å². The Bertz CT molecular complexity index is 441. The molecule has 1 amide bonds. The third-order valence-electron chi connectivity index (χ3n) is 4.26. The third kappa shape index (κ3) is 3.35. The van der Waals surface area contributed by atoms with Crippen molar-refractivity contribution in [1.82, 2.24) is 5.32 Å². The van der Waals surface area contributed by atoms with E-state index in [4.69, 9.17) is 0 Å². The van der Waals surface area contributed by atoms with Crippen molar-refractivity contribution in [2.24, 2.45) is 5.41 Å². The first-order valence-corrected chi connectivity index (χ1v) is 6.99. The lowest BCUT2D eigenvalue weighted by atomic mass is 9.85. The van der Waals surface area contributed by atoms with Crippen molar-refractivity contribution in [2.75, 3.05) is 6.61 Å². The van der Waals surface area contributed by atoms with E-state index >= 15 is 0 Å². The van der Waals surface area contributed by atoms with E-state index < -0.39 is 0 Å². The molecule has 3 nitrogen and oxygen atoms in total. The molecule has 1 aromatic rings.